The molecule has 2 fully saturated rings. The van der Waals surface area contributed by atoms with Crippen molar-refractivity contribution >= 4 is 34.5 Å². The highest BCUT2D eigenvalue weighted by Gasteiger charge is 2.24. The second kappa shape index (κ2) is 10.3. The van der Waals surface area contributed by atoms with Crippen molar-refractivity contribution in [2.45, 2.75) is 38.1 Å². The Hall–Kier alpha value is -3.30. The third kappa shape index (κ3) is 4.95. The molecule has 2 aromatic heterocycles. The Bertz CT molecular complexity index is 1110. The average Bonchev–Trinajstić information content (AvgIpc) is 2.90. The quantitative estimate of drug-likeness (QED) is 0.599. The number of fused-ring (bicyclic) bond motifs is 1. The second-order valence-corrected chi connectivity index (χ2v) is 8.96. The SMILES string of the molecule is CN(C(=O)Nc1ccc2cnc(N(c3ccccc3)N3CCNCC3)nc2n1)C1CCCCC1. The summed E-state index contributed by atoms with van der Waals surface area (Å²) < 4.78 is 0. The summed E-state index contributed by atoms with van der Waals surface area (Å²) in [6.45, 7) is 3.51. The monoisotopic (exact) mass is 460 g/mol. The number of amides is 2. The lowest BCUT2D eigenvalue weighted by atomic mass is 9.95. The van der Waals surface area contributed by atoms with Crippen LogP contribution in [0.3, 0.4) is 0 Å². The standard InChI is InChI=1S/C25H32N8O/c1-31(20-8-4-2-5-9-20)25(34)29-22-13-12-19-18-27-24(30-23(19)28-22)33(21-10-6-3-7-11-21)32-16-14-26-15-17-32/h3,6-7,10-13,18,20,26H,2,4-5,8-9,14-17H2,1H3,(H,27,28,29,30,34). The van der Waals surface area contributed by atoms with Gasteiger partial charge in [0.15, 0.2) is 5.65 Å². The number of rotatable bonds is 5. The summed E-state index contributed by atoms with van der Waals surface area (Å²) in [6.07, 6.45) is 7.54. The highest BCUT2D eigenvalue weighted by Crippen LogP contribution is 2.26. The van der Waals surface area contributed by atoms with E-state index in [1.807, 2.05) is 42.3 Å². The molecule has 9 nitrogen and oxygen atoms in total. The number of aromatic nitrogens is 3. The topological polar surface area (TPSA) is 89.5 Å². The lowest BCUT2D eigenvalue weighted by molar-refractivity contribution is 0.186. The Labute approximate surface area is 200 Å². The van der Waals surface area contributed by atoms with E-state index in [1.54, 1.807) is 6.20 Å². The number of para-hydroxylation sites is 1. The fourth-order valence-electron chi connectivity index (χ4n) is 4.73. The van der Waals surface area contributed by atoms with Crippen LogP contribution >= 0.6 is 0 Å². The molecule has 1 aromatic carbocycles. The molecule has 0 bridgehead atoms. The zero-order valence-electron chi connectivity index (χ0n) is 19.7. The number of carbonyl (C=O) groups excluding carboxylic acids is 1. The highest BCUT2D eigenvalue weighted by molar-refractivity contribution is 5.90. The van der Waals surface area contributed by atoms with Crippen LogP contribution in [0.25, 0.3) is 11.0 Å². The van der Waals surface area contributed by atoms with Gasteiger partial charge in [-0.3, -0.25) is 5.32 Å². The molecule has 0 radical (unpaired) electrons. The molecular formula is C25H32N8O. The zero-order valence-corrected chi connectivity index (χ0v) is 19.7. The van der Waals surface area contributed by atoms with Gasteiger partial charge in [-0.1, -0.05) is 37.5 Å². The maximum absolute atomic E-state index is 12.8. The number of hydrogen-bond acceptors (Lipinski definition) is 7. The van der Waals surface area contributed by atoms with Crippen molar-refractivity contribution in [3.05, 3.63) is 48.7 Å². The molecule has 2 aliphatic rings. The van der Waals surface area contributed by atoms with Crippen molar-refractivity contribution in [3.8, 4) is 0 Å². The van der Waals surface area contributed by atoms with Crippen LogP contribution in [0.4, 0.5) is 22.2 Å². The molecule has 5 rings (SSSR count). The van der Waals surface area contributed by atoms with Crippen molar-refractivity contribution in [3.63, 3.8) is 0 Å². The molecule has 34 heavy (non-hydrogen) atoms. The number of nitrogens with zero attached hydrogens (tertiary/aromatic N) is 6. The van der Waals surface area contributed by atoms with Crippen LogP contribution in [0.2, 0.25) is 0 Å². The van der Waals surface area contributed by atoms with E-state index in [4.69, 9.17) is 4.98 Å². The number of pyridine rings is 1. The molecule has 0 spiro atoms. The highest BCUT2D eigenvalue weighted by atomic mass is 16.2. The van der Waals surface area contributed by atoms with E-state index < -0.39 is 0 Å². The smallest absolute Gasteiger partial charge is 0.322 e. The molecule has 1 saturated carbocycles. The number of anilines is 3. The van der Waals surface area contributed by atoms with E-state index >= 15 is 0 Å². The van der Waals surface area contributed by atoms with Gasteiger partial charge in [-0.15, -0.1) is 0 Å². The molecule has 9 heteroatoms. The fraction of sp³-hybridized carbons (Fsp3) is 0.440. The van der Waals surface area contributed by atoms with Gasteiger partial charge in [0, 0.05) is 50.9 Å². The van der Waals surface area contributed by atoms with Gasteiger partial charge in [-0.2, -0.15) is 4.98 Å². The van der Waals surface area contributed by atoms with Crippen LogP contribution in [0.15, 0.2) is 48.7 Å². The minimum atomic E-state index is -0.125. The molecule has 3 heterocycles. The van der Waals surface area contributed by atoms with Gasteiger partial charge in [0.25, 0.3) is 0 Å². The third-order valence-corrected chi connectivity index (χ3v) is 6.67. The summed E-state index contributed by atoms with van der Waals surface area (Å²) in [5, 5.41) is 11.5. The predicted octanol–water partition coefficient (Wildman–Crippen LogP) is 3.78. The van der Waals surface area contributed by atoms with E-state index in [0.717, 1.165) is 50.1 Å². The molecule has 178 valence electrons. The Kier molecular flexibility index (Phi) is 6.82. The van der Waals surface area contributed by atoms with Gasteiger partial charge in [0.2, 0.25) is 5.95 Å². The predicted molar refractivity (Wildman–Crippen MR) is 134 cm³/mol. The maximum atomic E-state index is 12.8. The van der Waals surface area contributed by atoms with Crippen LogP contribution in [-0.4, -0.2) is 70.2 Å². The largest absolute Gasteiger partial charge is 0.325 e. The summed E-state index contributed by atoms with van der Waals surface area (Å²) >= 11 is 0. The Morgan fingerprint density at radius 1 is 1.03 bits per heavy atom. The van der Waals surface area contributed by atoms with Crippen LogP contribution in [0.5, 0.6) is 0 Å². The molecule has 0 unspecified atom stereocenters. The van der Waals surface area contributed by atoms with Gasteiger partial charge in [-0.25, -0.2) is 24.8 Å². The summed E-state index contributed by atoms with van der Waals surface area (Å²) in [5.74, 6) is 1.06. The summed E-state index contributed by atoms with van der Waals surface area (Å²) in [5.41, 5.74) is 1.56. The molecular weight excluding hydrogens is 428 g/mol. The fourth-order valence-corrected chi connectivity index (χ4v) is 4.73. The van der Waals surface area contributed by atoms with E-state index in [0.29, 0.717) is 23.5 Å². The normalized spacial score (nSPS) is 17.4. The molecule has 1 aliphatic carbocycles. The van der Waals surface area contributed by atoms with Crippen molar-refractivity contribution < 1.29 is 4.79 Å². The number of benzene rings is 1. The van der Waals surface area contributed by atoms with Gasteiger partial charge in [-0.05, 0) is 37.1 Å². The van der Waals surface area contributed by atoms with E-state index in [-0.39, 0.29) is 6.03 Å². The summed E-state index contributed by atoms with van der Waals surface area (Å²) in [6, 6.07) is 14.0. The van der Waals surface area contributed by atoms with E-state index in [2.05, 4.69) is 42.8 Å². The Morgan fingerprint density at radius 2 is 1.79 bits per heavy atom. The lowest BCUT2D eigenvalue weighted by Crippen LogP contribution is -2.51. The second-order valence-electron chi connectivity index (χ2n) is 8.96. The minimum Gasteiger partial charge on any atom is -0.325 e. The number of nitrogens with one attached hydrogen (secondary N) is 2. The molecule has 3 aromatic rings. The molecule has 1 saturated heterocycles. The van der Waals surface area contributed by atoms with Crippen molar-refractivity contribution in [1.29, 1.82) is 0 Å². The third-order valence-electron chi connectivity index (χ3n) is 6.67. The van der Waals surface area contributed by atoms with Crippen molar-refractivity contribution in [2.75, 3.05) is 43.6 Å². The molecule has 1 aliphatic heterocycles. The Balaban J connectivity index is 1.40. The molecule has 2 amide bonds. The van der Waals surface area contributed by atoms with E-state index in [1.165, 1.54) is 19.3 Å². The lowest BCUT2D eigenvalue weighted by Gasteiger charge is -2.37. The number of carbonyl (C=O) groups is 1. The average molecular weight is 461 g/mol. The number of piperazine rings is 1. The number of urea groups is 1. The van der Waals surface area contributed by atoms with Gasteiger partial charge in [0.1, 0.15) is 5.82 Å². The van der Waals surface area contributed by atoms with Crippen LogP contribution in [0.1, 0.15) is 32.1 Å². The van der Waals surface area contributed by atoms with E-state index in [9.17, 15) is 4.79 Å². The van der Waals surface area contributed by atoms with Crippen molar-refractivity contribution in [1.82, 2.24) is 30.2 Å². The Morgan fingerprint density at radius 3 is 2.56 bits per heavy atom. The first-order chi connectivity index (χ1) is 16.7. The summed E-state index contributed by atoms with van der Waals surface area (Å²) in [4.78, 5) is 28.8. The number of hydrogen-bond donors (Lipinski definition) is 2. The number of hydrazine groups is 1. The summed E-state index contributed by atoms with van der Waals surface area (Å²) in [7, 11) is 1.87. The van der Waals surface area contributed by atoms with Crippen molar-refractivity contribution in [2.24, 2.45) is 0 Å². The van der Waals surface area contributed by atoms with Crippen LogP contribution < -0.4 is 15.6 Å². The zero-order chi connectivity index (χ0) is 23.3. The maximum Gasteiger partial charge on any atom is 0.322 e. The minimum absolute atomic E-state index is 0.125. The first-order valence-electron chi connectivity index (χ1n) is 12.2. The first kappa shape index (κ1) is 22.5. The molecule has 2 N–H and O–H groups in total. The van der Waals surface area contributed by atoms with Crippen LogP contribution in [-0.2, 0) is 0 Å². The van der Waals surface area contributed by atoms with Crippen LogP contribution in [0, 0.1) is 0 Å². The van der Waals surface area contributed by atoms with Gasteiger partial charge >= 0.3 is 6.03 Å². The molecule has 0 atom stereocenters. The first-order valence-corrected chi connectivity index (χ1v) is 12.2. The van der Waals surface area contributed by atoms with Gasteiger partial charge < -0.3 is 10.2 Å². The van der Waals surface area contributed by atoms with Gasteiger partial charge in [0.05, 0.1) is 5.69 Å².